The first-order valence-corrected chi connectivity index (χ1v) is 8.75. The third kappa shape index (κ3) is 3.71. The van der Waals surface area contributed by atoms with Crippen LogP contribution in [0.25, 0.3) is 16.8 Å². The Labute approximate surface area is 164 Å². The number of hydrogen-bond acceptors (Lipinski definition) is 3. The Hall–Kier alpha value is -3.61. The smallest absolute Gasteiger partial charge is 0.416 e. The van der Waals surface area contributed by atoms with Crippen LogP contribution in [0.5, 0.6) is 5.75 Å². The molecular weight excluding hydrogens is 381 g/mol. The van der Waals surface area contributed by atoms with Crippen molar-refractivity contribution in [3.05, 3.63) is 89.1 Å². The van der Waals surface area contributed by atoms with E-state index in [0.717, 1.165) is 28.8 Å². The molecule has 4 nitrogen and oxygen atoms in total. The van der Waals surface area contributed by atoms with E-state index in [0.29, 0.717) is 23.6 Å². The molecule has 0 fully saturated rings. The van der Waals surface area contributed by atoms with Crippen LogP contribution in [-0.2, 0) is 6.18 Å². The van der Waals surface area contributed by atoms with Crippen molar-refractivity contribution < 1.29 is 22.7 Å². The van der Waals surface area contributed by atoms with Gasteiger partial charge in [0.2, 0.25) is 0 Å². The van der Waals surface area contributed by atoms with Gasteiger partial charge < -0.3 is 10.5 Å². The number of hydrogen-bond donors (Lipinski definition) is 1. The minimum atomic E-state index is -4.37. The van der Waals surface area contributed by atoms with Crippen molar-refractivity contribution in [3.63, 3.8) is 0 Å². The number of pyridine rings is 1. The van der Waals surface area contributed by atoms with E-state index in [2.05, 4.69) is 4.98 Å². The van der Waals surface area contributed by atoms with Gasteiger partial charge in [0, 0.05) is 11.1 Å². The largest absolute Gasteiger partial charge is 0.489 e. The lowest BCUT2D eigenvalue weighted by Gasteiger charge is -2.20. The van der Waals surface area contributed by atoms with E-state index in [1.54, 1.807) is 18.2 Å². The van der Waals surface area contributed by atoms with Gasteiger partial charge in [0.1, 0.15) is 18.1 Å². The third-order valence-corrected chi connectivity index (χ3v) is 4.62. The minimum absolute atomic E-state index is 0.159. The topological polar surface area (TPSA) is 65.2 Å². The second-order valence-corrected chi connectivity index (χ2v) is 6.49. The molecule has 2 aromatic carbocycles. The van der Waals surface area contributed by atoms with Crippen LogP contribution in [0, 0.1) is 0 Å². The van der Waals surface area contributed by atoms with Crippen LogP contribution in [0.2, 0.25) is 0 Å². The first-order chi connectivity index (χ1) is 13.8. The molecule has 1 aliphatic rings. The number of fused-ring (bicyclic) bond motifs is 1. The zero-order valence-corrected chi connectivity index (χ0v) is 15.0. The van der Waals surface area contributed by atoms with Gasteiger partial charge in [-0.2, -0.15) is 13.2 Å². The summed E-state index contributed by atoms with van der Waals surface area (Å²) >= 11 is 0. The van der Waals surface area contributed by atoms with Crippen molar-refractivity contribution in [3.8, 4) is 17.0 Å². The van der Waals surface area contributed by atoms with Crippen LogP contribution in [0.1, 0.15) is 27.2 Å². The zero-order chi connectivity index (χ0) is 20.6. The van der Waals surface area contributed by atoms with E-state index in [1.165, 1.54) is 18.2 Å². The number of carbonyl (C=O) groups excluding carboxylic acids is 1. The van der Waals surface area contributed by atoms with Crippen LogP contribution in [-0.4, -0.2) is 17.5 Å². The number of aromatic nitrogens is 1. The quantitative estimate of drug-likeness (QED) is 0.699. The molecule has 3 aromatic rings. The monoisotopic (exact) mass is 396 g/mol. The molecule has 1 amide bonds. The van der Waals surface area contributed by atoms with Crippen LogP contribution < -0.4 is 10.5 Å². The molecular formula is C22H15F3N2O2. The Morgan fingerprint density at radius 3 is 2.41 bits per heavy atom. The summed E-state index contributed by atoms with van der Waals surface area (Å²) in [5.74, 6) is -0.0280. The number of halogens is 3. The highest BCUT2D eigenvalue weighted by Gasteiger charge is 2.30. The summed E-state index contributed by atoms with van der Waals surface area (Å²) in [7, 11) is 0. The number of alkyl halides is 3. The third-order valence-electron chi connectivity index (χ3n) is 4.62. The number of nitrogens with two attached hydrogens (primary N) is 1. The fourth-order valence-corrected chi connectivity index (χ4v) is 3.19. The van der Waals surface area contributed by atoms with Gasteiger partial charge in [-0.05, 0) is 53.6 Å². The average molecular weight is 396 g/mol. The zero-order valence-electron chi connectivity index (χ0n) is 15.0. The molecule has 1 aliphatic heterocycles. The second-order valence-electron chi connectivity index (χ2n) is 6.49. The Morgan fingerprint density at radius 2 is 1.72 bits per heavy atom. The fraction of sp³-hybridized carbons (Fsp3) is 0.0909. The van der Waals surface area contributed by atoms with Crippen LogP contribution in [0.4, 0.5) is 13.2 Å². The Kier molecular flexibility index (Phi) is 4.58. The molecule has 2 heterocycles. The molecule has 2 N–H and O–H groups in total. The predicted octanol–water partition coefficient (Wildman–Crippen LogP) is 4.69. The van der Waals surface area contributed by atoms with E-state index < -0.39 is 17.6 Å². The highest BCUT2D eigenvalue weighted by Crippen LogP contribution is 2.38. The van der Waals surface area contributed by atoms with Gasteiger partial charge in [0.25, 0.3) is 5.91 Å². The molecule has 0 radical (unpaired) electrons. The molecule has 4 rings (SSSR count). The van der Waals surface area contributed by atoms with Crippen molar-refractivity contribution in [2.24, 2.45) is 5.73 Å². The Bertz CT molecular complexity index is 1120. The molecule has 0 aliphatic carbocycles. The number of ether oxygens (including phenoxy) is 1. The summed E-state index contributed by atoms with van der Waals surface area (Å²) in [6, 6.07) is 15.5. The van der Waals surface area contributed by atoms with E-state index in [1.807, 2.05) is 18.2 Å². The van der Waals surface area contributed by atoms with Crippen molar-refractivity contribution in [1.29, 1.82) is 0 Å². The number of amides is 1. The summed E-state index contributed by atoms with van der Waals surface area (Å²) < 4.78 is 44.2. The molecule has 146 valence electrons. The molecule has 0 saturated heterocycles. The number of primary amides is 1. The summed E-state index contributed by atoms with van der Waals surface area (Å²) in [4.78, 5) is 15.6. The average Bonchev–Trinajstić information content (AvgIpc) is 2.72. The number of nitrogens with zero attached hydrogens (tertiary/aromatic N) is 1. The maximum Gasteiger partial charge on any atom is 0.416 e. The first kappa shape index (κ1) is 18.7. The van der Waals surface area contributed by atoms with Crippen molar-refractivity contribution in [2.75, 3.05) is 6.61 Å². The van der Waals surface area contributed by atoms with Gasteiger partial charge in [-0.15, -0.1) is 0 Å². The van der Waals surface area contributed by atoms with E-state index in [-0.39, 0.29) is 5.69 Å². The van der Waals surface area contributed by atoms with Gasteiger partial charge in [-0.1, -0.05) is 24.3 Å². The molecule has 0 saturated carbocycles. The molecule has 29 heavy (non-hydrogen) atoms. The molecule has 0 bridgehead atoms. The number of rotatable bonds is 3. The molecule has 1 aromatic heterocycles. The summed E-state index contributed by atoms with van der Waals surface area (Å²) in [5.41, 5.74) is 8.30. The van der Waals surface area contributed by atoms with Crippen LogP contribution in [0.3, 0.4) is 0 Å². The standard InChI is InChI=1S/C22H15F3N2O2/c23-22(24,25)15-7-4-13(5-8-15)16-10-11-29-20-12-14(6-9-17(16)20)18-2-1-3-19(27-18)21(26)28/h1-10,12H,11H2,(H2,26,28). The van der Waals surface area contributed by atoms with E-state index >= 15 is 0 Å². The minimum Gasteiger partial charge on any atom is -0.489 e. The normalized spacial score (nSPS) is 13.3. The number of benzene rings is 2. The SMILES string of the molecule is NC(=O)c1cccc(-c2ccc3c(c2)OCC=C3c2ccc(C(F)(F)F)cc2)n1. The van der Waals surface area contributed by atoms with Crippen LogP contribution in [0.15, 0.2) is 66.7 Å². The van der Waals surface area contributed by atoms with Gasteiger partial charge in [-0.3, -0.25) is 4.79 Å². The van der Waals surface area contributed by atoms with Crippen molar-refractivity contribution in [2.45, 2.75) is 6.18 Å². The molecule has 0 atom stereocenters. The van der Waals surface area contributed by atoms with Gasteiger partial charge in [0.15, 0.2) is 0 Å². The van der Waals surface area contributed by atoms with E-state index in [9.17, 15) is 18.0 Å². The van der Waals surface area contributed by atoms with Gasteiger partial charge >= 0.3 is 6.18 Å². The number of carbonyl (C=O) groups is 1. The highest BCUT2D eigenvalue weighted by atomic mass is 19.4. The Balaban J connectivity index is 1.69. The lowest BCUT2D eigenvalue weighted by Crippen LogP contribution is -2.13. The van der Waals surface area contributed by atoms with Crippen molar-refractivity contribution in [1.82, 2.24) is 4.98 Å². The summed E-state index contributed by atoms with van der Waals surface area (Å²) in [6.07, 6.45) is -2.54. The lowest BCUT2D eigenvalue weighted by atomic mass is 9.93. The van der Waals surface area contributed by atoms with Gasteiger partial charge in [-0.25, -0.2) is 4.98 Å². The maximum absolute atomic E-state index is 12.8. The van der Waals surface area contributed by atoms with Crippen LogP contribution >= 0.6 is 0 Å². The Morgan fingerprint density at radius 1 is 1.00 bits per heavy atom. The summed E-state index contributed by atoms with van der Waals surface area (Å²) in [5, 5.41) is 0. The second kappa shape index (κ2) is 7.09. The molecule has 0 unspecified atom stereocenters. The molecule has 0 spiro atoms. The predicted molar refractivity (Wildman–Crippen MR) is 102 cm³/mol. The fourth-order valence-electron chi connectivity index (χ4n) is 3.19. The summed E-state index contributed by atoms with van der Waals surface area (Å²) in [6.45, 7) is 0.293. The van der Waals surface area contributed by atoms with E-state index in [4.69, 9.17) is 10.5 Å². The van der Waals surface area contributed by atoms with Gasteiger partial charge in [0.05, 0.1) is 11.3 Å². The maximum atomic E-state index is 12.8. The van der Waals surface area contributed by atoms with Crippen molar-refractivity contribution >= 4 is 11.5 Å². The lowest BCUT2D eigenvalue weighted by molar-refractivity contribution is -0.137. The first-order valence-electron chi connectivity index (χ1n) is 8.75. The highest BCUT2D eigenvalue weighted by molar-refractivity contribution is 5.91. The molecule has 7 heteroatoms.